The largest absolute Gasteiger partial charge is 0.508 e. The molecule has 1 amide bonds. The average Bonchev–Trinajstić information content (AvgIpc) is 2.73. The number of hydrogen-bond acceptors (Lipinski definition) is 5. The molecule has 3 rings (SSSR count). The molecule has 32 heavy (non-hydrogen) atoms. The number of anilines is 1. The van der Waals surface area contributed by atoms with Crippen molar-refractivity contribution in [1.29, 1.82) is 0 Å². The molecule has 11 heteroatoms. The molecule has 0 spiro atoms. The fourth-order valence-electron chi connectivity index (χ4n) is 2.61. The van der Waals surface area contributed by atoms with Crippen molar-refractivity contribution in [2.24, 2.45) is 5.10 Å². The number of amides is 1. The van der Waals surface area contributed by atoms with E-state index in [1.54, 1.807) is 12.1 Å². The quantitative estimate of drug-likeness (QED) is 0.380. The smallest absolute Gasteiger partial charge is 0.416 e. The van der Waals surface area contributed by atoms with Crippen LogP contribution in [0.5, 0.6) is 5.75 Å². The number of rotatable bonds is 6. The van der Waals surface area contributed by atoms with Crippen LogP contribution in [0.3, 0.4) is 0 Å². The van der Waals surface area contributed by atoms with Crippen LogP contribution in [-0.4, -0.2) is 25.6 Å². The lowest BCUT2D eigenvalue weighted by molar-refractivity contribution is -0.137. The van der Waals surface area contributed by atoms with Crippen LogP contribution in [0, 0.1) is 0 Å². The van der Waals surface area contributed by atoms with Crippen molar-refractivity contribution < 1.29 is 31.5 Å². The van der Waals surface area contributed by atoms with Crippen molar-refractivity contribution in [1.82, 2.24) is 5.43 Å². The average molecular weight is 463 g/mol. The second-order valence-corrected chi connectivity index (χ2v) is 8.19. The van der Waals surface area contributed by atoms with Crippen LogP contribution < -0.4 is 10.1 Å². The van der Waals surface area contributed by atoms with Gasteiger partial charge in [0.05, 0.1) is 16.7 Å². The van der Waals surface area contributed by atoms with E-state index < -0.39 is 27.7 Å². The molecule has 0 atom stereocenters. The summed E-state index contributed by atoms with van der Waals surface area (Å²) in [5, 5.41) is 13.1. The highest BCUT2D eigenvalue weighted by Crippen LogP contribution is 2.31. The molecule has 0 aliphatic carbocycles. The van der Waals surface area contributed by atoms with Gasteiger partial charge in [-0.25, -0.2) is 13.8 Å². The summed E-state index contributed by atoms with van der Waals surface area (Å²) in [5.74, 6) is -0.691. The van der Waals surface area contributed by atoms with E-state index in [-0.39, 0.29) is 21.9 Å². The second-order valence-electron chi connectivity index (χ2n) is 6.51. The summed E-state index contributed by atoms with van der Waals surface area (Å²) < 4.78 is 65.8. The number of halogens is 3. The second kappa shape index (κ2) is 9.10. The van der Waals surface area contributed by atoms with Crippen LogP contribution in [0.4, 0.5) is 18.9 Å². The summed E-state index contributed by atoms with van der Waals surface area (Å²) in [6, 6.07) is 14.8. The minimum absolute atomic E-state index is 0.0199. The first kappa shape index (κ1) is 22.8. The molecule has 7 nitrogen and oxygen atoms in total. The van der Waals surface area contributed by atoms with E-state index in [1.807, 2.05) is 0 Å². The first-order valence-corrected chi connectivity index (χ1v) is 10.5. The van der Waals surface area contributed by atoms with Gasteiger partial charge >= 0.3 is 6.18 Å². The molecule has 0 aliphatic rings. The summed E-state index contributed by atoms with van der Waals surface area (Å²) >= 11 is 0. The van der Waals surface area contributed by atoms with Gasteiger partial charge in [0.2, 0.25) is 0 Å². The Hall–Kier alpha value is -3.86. The molecular weight excluding hydrogens is 447 g/mol. The number of phenolic OH excluding ortho intramolecular Hbond substituents is 1. The summed E-state index contributed by atoms with van der Waals surface area (Å²) in [7, 11) is -4.26. The number of sulfonamides is 1. The Kier molecular flexibility index (Phi) is 6.49. The molecular formula is C21H16F3N3O4S. The van der Waals surface area contributed by atoms with Crippen molar-refractivity contribution in [2.45, 2.75) is 11.1 Å². The summed E-state index contributed by atoms with van der Waals surface area (Å²) in [6.45, 7) is 0. The molecule has 0 aromatic heterocycles. The molecule has 0 heterocycles. The third-order valence-corrected chi connectivity index (χ3v) is 5.48. The number of phenols is 1. The molecule has 0 radical (unpaired) electrons. The molecule has 0 saturated heterocycles. The molecule has 0 bridgehead atoms. The number of nitrogens with zero attached hydrogens (tertiary/aromatic N) is 1. The van der Waals surface area contributed by atoms with Gasteiger partial charge in [-0.15, -0.1) is 0 Å². The third-order valence-electron chi connectivity index (χ3n) is 4.10. The van der Waals surface area contributed by atoms with Crippen molar-refractivity contribution >= 4 is 27.8 Å². The lowest BCUT2D eigenvalue weighted by Crippen LogP contribution is -2.19. The highest BCUT2D eigenvalue weighted by Gasteiger charge is 2.30. The maximum atomic E-state index is 12.8. The first-order chi connectivity index (χ1) is 15.0. The molecule has 3 aromatic carbocycles. The van der Waals surface area contributed by atoms with Gasteiger partial charge in [0.25, 0.3) is 15.9 Å². The Morgan fingerprint density at radius 1 is 0.969 bits per heavy atom. The van der Waals surface area contributed by atoms with Gasteiger partial charge < -0.3 is 5.11 Å². The standard InChI is InChI=1S/C21H16F3N3O4S/c22-21(23,24)16-6-3-7-17(12-16)27-32(30,31)19-9-2-5-15(11-19)20(29)26-25-13-14-4-1-8-18(28)10-14/h1-13,27-28H,(H,26,29)/b25-13+. The summed E-state index contributed by atoms with van der Waals surface area (Å²) in [6.07, 6.45) is -3.34. The Labute approximate surface area is 181 Å². The fourth-order valence-corrected chi connectivity index (χ4v) is 3.71. The monoisotopic (exact) mass is 463 g/mol. The van der Waals surface area contributed by atoms with E-state index in [2.05, 4.69) is 15.2 Å². The van der Waals surface area contributed by atoms with E-state index in [0.717, 1.165) is 18.2 Å². The SMILES string of the molecule is O=C(N/N=C/c1cccc(O)c1)c1cccc(S(=O)(=O)Nc2cccc(C(F)(F)F)c2)c1. The number of carbonyl (C=O) groups is 1. The lowest BCUT2D eigenvalue weighted by atomic mass is 10.2. The molecule has 0 unspecified atom stereocenters. The van der Waals surface area contributed by atoms with Crippen molar-refractivity contribution in [3.05, 3.63) is 89.5 Å². The number of hydrazone groups is 1. The Balaban J connectivity index is 1.75. The zero-order valence-electron chi connectivity index (χ0n) is 16.2. The number of aromatic hydroxyl groups is 1. The Morgan fingerprint density at radius 3 is 2.41 bits per heavy atom. The minimum Gasteiger partial charge on any atom is -0.508 e. The van der Waals surface area contributed by atoms with Crippen LogP contribution in [0.25, 0.3) is 0 Å². The number of alkyl halides is 3. The van der Waals surface area contributed by atoms with Crippen LogP contribution in [0.1, 0.15) is 21.5 Å². The van der Waals surface area contributed by atoms with Crippen molar-refractivity contribution in [2.75, 3.05) is 4.72 Å². The number of carbonyl (C=O) groups excluding carboxylic acids is 1. The number of hydrogen-bond donors (Lipinski definition) is 3. The summed E-state index contributed by atoms with van der Waals surface area (Å²) in [5.41, 5.74) is 1.43. The van der Waals surface area contributed by atoms with E-state index >= 15 is 0 Å². The zero-order valence-corrected chi connectivity index (χ0v) is 17.0. The molecule has 166 valence electrons. The van der Waals surface area contributed by atoms with Crippen LogP contribution in [-0.2, 0) is 16.2 Å². The predicted molar refractivity (Wildman–Crippen MR) is 112 cm³/mol. The van der Waals surface area contributed by atoms with Gasteiger partial charge in [-0.05, 0) is 54.1 Å². The normalized spacial score (nSPS) is 12.0. The lowest BCUT2D eigenvalue weighted by Gasteiger charge is -2.12. The number of benzene rings is 3. The first-order valence-electron chi connectivity index (χ1n) is 8.97. The van der Waals surface area contributed by atoms with Gasteiger partial charge in [0, 0.05) is 11.3 Å². The van der Waals surface area contributed by atoms with Gasteiger partial charge in [0.15, 0.2) is 0 Å². The van der Waals surface area contributed by atoms with Crippen molar-refractivity contribution in [3.8, 4) is 5.75 Å². The molecule has 0 fully saturated rings. The van der Waals surface area contributed by atoms with Crippen molar-refractivity contribution in [3.63, 3.8) is 0 Å². The maximum Gasteiger partial charge on any atom is 0.416 e. The molecule has 0 saturated carbocycles. The Morgan fingerprint density at radius 2 is 1.69 bits per heavy atom. The Bertz CT molecular complexity index is 1280. The van der Waals surface area contributed by atoms with Crippen LogP contribution >= 0.6 is 0 Å². The maximum absolute atomic E-state index is 12.8. The molecule has 3 aromatic rings. The minimum atomic E-state index is -4.63. The van der Waals surface area contributed by atoms with Gasteiger partial charge in [-0.2, -0.15) is 18.3 Å². The summed E-state index contributed by atoms with van der Waals surface area (Å²) in [4.78, 5) is 12.0. The van der Waals surface area contributed by atoms with E-state index in [0.29, 0.717) is 11.6 Å². The van der Waals surface area contributed by atoms with Crippen LogP contribution in [0.2, 0.25) is 0 Å². The highest BCUT2D eigenvalue weighted by molar-refractivity contribution is 7.92. The third kappa shape index (κ3) is 5.85. The van der Waals surface area contributed by atoms with Gasteiger partial charge in [-0.1, -0.05) is 24.3 Å². The molecule has 3 N–H and O–H groups in total. The zero-order chi connectivity index (χ0) is 23.4. The number of nitrogens with one attached hydrogen (secondary N) is 2. The topological polar surface area (TPSA) is 108 Å². The van der Waals surface area contributed by atoms with E-state index in [4.69, 9.17) is 0 Å². The fraction of sp³-hybridized carbons (Fsp3) is 0.0476. The van der Waals surface area contributed by atoms with Crippen LogP contribution in [0.15, 0.2) is 82.8 Å². The highest BCUT2D eigenvalue weighted by atomic mass is 32.2. The van der Waals surface area contributed by atoms with Gasteiger partial charge in [0.1, 0.15) is 5.75 Å². The van der Waals surface area contributed by atoms with E-state index in [9.17, 15) is 31.5 Å². The predicted octanol–water partition coefficient (Wildman–Crippen LogP) is 3.98. The van der Waals surface area contributed by atoms with E-state index in [1.165, 1.54) is 42.6 Å². The molecule has 0 aliphatic heterocycles. The van der Waals surface area contributed by atoms with Gasteiger partial charge in [-0.3, -0.25) is 9.52 Å².